The van der Waals surface area contributed by atoms with Gasteiger partial charge in [0.25, 0.3) is 0 Å². The number of rotatable bonds is 2. The fraction of sp³-hybridized carbons (Fsp3) is 0.500. The monoisotopic (exact) mass is 353 g/mol. The Kier molecular flexibility index (Phi) is 4.58. The first-order chi connectivity index (χ1) is 12.2. The summed E-state index contributed by atoms with van der Waals surface area (Å²) in [6, 6.07) is 11.2. The number of carbonyl (C=O) groups excluding carboxylic acids is 1. The van der Waals surface area contributed by atoms with Gasteiger partial charge in [-0.3, -0.25) is 14.6 Å². The lowest BCUT2D eigenvalue weighted by Gasteiger charge is -2.43. The summed E-state index contributed by atoms with van der Waals surface area (Å²) in [5.74, 6) is 0.930. The quantitative estimate of drug-likeness (QED) is 0.808. The van der Waals surface area contributed by atoms with Crippen molar-refractivity contribution in [1.82, 2.24) is 9.80 Å². The van der Waals surface area contributed by atoms with Crippen LogP contribution in [0.5, 0.6) is 0 Å². The van der Waals surface area contributed by atoms with Gasteiger partial charge in [0.05, 0.1) is 29.2 Å². The molecular formula is C20H23N3OS. The van der Waals surface area contributed by atoms with E-state index in [0.29, 0.717) is 19.1 Å². The van der Waals surface area contributed by atoms with Crippen molar-refractivity contribution in [3.05, 3.63) is 46.0 Å². The molecule has 2 aliphatic heterocycles. The van der Waals surface area contributed by atoms with Gasteiger partial charge >= 0.3 is 0 Å². The molecule has 1 saturated heterocycles. The van der Waals surface area contributed by atoms with Crippen molar-refractivity contribution in [1.29, 1.82) is 5.26 Å². The summed E-state index contributed by atoms with van der Waals surface area (Å²) in [5, 5.41) is 10.7. The largest absolute Gasteiger partial charge is 0.292 e. The lowest BCUT2D eigenvalue weighted by Crippen LogP contribution is -2.50. The Hall–Kier alpha value is -1.77. The first-order valence-corrected chi connectivity index (χ1v) is 10.0. The zero-order valence-corrected chi connectivity index (χ0v) is 15.4. The van der Waals surface area contributed by atoms with Crippen molar-refractivity contribution >= 4 is 17.7 Å². The standard InChI is InChI=1S/C20H23N3OS/c1-14-6-8-15(9-7-14)17-10-19(24)23-12-22(16-4-2-3-5-16)13-25-20(23)18(17)11-21/h6-9,16-17H,2-5,10,12-13H2,1H3/t17-/m0/s1. The second kappa shape index (κ2) is 6.86. The molecule has 1 aromatic rings. The second-order valence-electron chi connectivity index (χ2n) is 7.26. The molecule has 1 aromatic carbocycles. The summed E-state index contributed by atoms with van der Waals surface area (Å²) < 4.78 is 0. The number of allylic oxidation sites excluding steroid dienone is 1. The number of thioether (sulfide) groups is 1. The van der Waals surface area contributed by atoms with Crippen LogP contribution >= 0.6 is 11.8 Å². The molecule has 0 radical (unpaired) electrons. The SMILES string of the molecule is Cc1ccc([C@@H]2CC(=O)N3CN(C4CCCC4)CSC3=C2C#N)cc1. The molecule has 0 spiro atoms. The maximum Gasteiger partial charge on any atom is 0.229 e. The van der Waals surface area contributed by atoms with Crippen LogP contribution in [-0.4, -0.2) is 34.3 Å². The number of aryl methyl sites for hydroxylation is 1. The number of hydrogen-bond acceptors (Lipinski definition) is 4. The third kappa shape index (κ3) is 3.09. The van der Waals surface area contributed by atoms with E-state index in [9.17, 15) is 10.1 Å². The van der Waals surface area contributed by atoms with E-state index in [1.165, 1.54) is 31.2 Å². The van der Waals surface area contributed by atoms with Gasteiger partial charge in [0.2, 0.25) is 5.91 Å². The molecule has 0 unspecified atom stereocenters. The summed E-state index contributed by atoms with van der Waals surface area (Å²) >= 11 is 1.67. The van der Waals surface area contributed by atoms with E-state index in [1.54, 1.807) is 11.8 Å². The van der Waals surface area contributed by atoms with Crippen LogP contribution in [0, 0.1) is 18.3 Å². The Morgan fingerprint density at radius 2 is 1.92 bits per heavy atom. The predicted octanol–water partition coefficient (Wildman–Crippen LogP) is 3.95. The van der Waals surface area contributed by atoms with Gasteiger partial charge in [-0.25, -0.2) is 0 Å². The van der Waals surface area contributed by atoms with Gasteiger partial charge in [-0.2, -0.15) is 5.26 Å². The summed E-state index contributed by atoms with van der Waals surface area (Å²) in [4.78, 5) is 17.1. The van der Waals surface area contributed by atoms with E-state index in [1.807, 2.05) is 4.90 Å². The molecule has 0 aromatic heterocycles. The maximum atomic E-state index is 12.8. The Morgan fingerprint density at radius 1 is 1.20 bits per heavy atom. The Bertz CT molecular complexity index is 743. The van der Waals surface area contributed by atoms with Crippen molar-refractivity contribution in [2.24, 2.45) is 0 Å². The molecule has 4 rings (SSSR count). The van der Waals surface area contributed by atoms with E-state index >= 15 is 0 Å². The minimum Gasteiger partial charge on any atom is -0.292 e. The minimum atomic E-state index is -0.102. The molecule has 2 fully saturated rings. The van der Waals surface area contributed by atoms with Crippen LogP contribution in [-0.2, 0) is 4.79 Å². The molecule has 1 saturated carbocycles. The highest BCUT2D eigenvalue weighted by Crippen LogP contribution is 2.43. The first-order valence-electron chi connectivity index (χ1n) is 9.05. The van der Waals surface area contributed by atoms with Gasteiger partial charge in [-0.05, 0) is 25.3 Å². The number of hydrogen-bond donors (Lipinski definition) is 0. The topological polar surface area (TPSA) is 47.3 Å². The Balaban J connectivity index is 1.63. The predicted molar refractivity (Wildman–Crippen MR) is 99.4 cm³/mol. The molecule has 1 atom stereocenters. The van der Waals surface area contributed by atoms with Crippen LogP contribution < -0.4 is 0 Å². The minimum absolute atomic E-state index is 0.102. The third-order valence-corrected chi connectivity index (χ3v) is 6.81. The molecule has 130 valence electrons. The van der Waals surface area contributed by atoms with Crippen molar-refractivity contribution < 1.29 is 4.79 Å². The van der Waals surface area contributed by atoms with Crippen LogP contribution in [0.15, 0.2) is 34.9 Å². The van der Waals surface area contributed by atoms with Crippen molar-refractivity contribution in [2.75, 3.05) is 12.5 Å². The number of fused-ring (bicyclic) bond motifs is 1. The third-order valence-electron chi connectivity index (χ3n) is 5.64. The lowest BCUT2D eigenvalue weighted by molar-refractivity contribution is -0.132. The van der Waals surface area contributed by atoms with Gasteiger partial charge in [-0.15, -0.1) is 0 Å². The highest BCUT2D eigenvalue weighted by Gasteiger charge is 2.39. The number of benzene rings is 1. The average Bonchev–Trinajstić information content (AvgIpc) is 3.17. The molecule has 0 N–H and O–H groups in total. The first kappa shape index (κ1) is 16.7. The van der Waals surface area contributed by atoms with Crippen LogP contribution in [0.4, 0.5) is 0 Å². The normalized spacial score (nSPS) is 25.2. The zero-order chi connectivity index (χ0) is 17.4. The summed E-state index contributed by atoms with van der Waals surface area (Å²) in [6.07, 6.45) is 5.45. The van der Waals surface area contributed by atoms with Gasteiger partial charge in [0.1, 0.15) is 0 Å². The molecule has 4 nitrogen and oxygen atoms in total. The summed E-state index contributed by atoms with van der Waals surface area (Å²) in [7, 11) is 0. The molecular weight excluding hydrogens is 330 g/mol. The van der Waals surface area contributed by atoms with Gasteiger partial charge < -0.3 is 0 Å². The van der Waals surface area contributed by atoms with Crippen molar-refractivity contribution in [3.8, 4) is 6.07 Å². The molecule has 0 bridgehead atoms. The maximum absolute atomic E-state index is 12.8. The van der Waals surface area contributed by atoms with E-state index in [2.05, 4.69) is 42.2 Å². The highest BCUT2D eigenvalue weighted by molar-refractivity contribution is 8.03. The van der Waals surface area contributed by atoms with Crippen LogP contribution in [0.3, 0.4) is 0 Å². The molecule has 1 amide bonds. The number of carbonyl (C=O) groups is 1. The number of nitrogens with zero attached hydrogens (tertiary/aromatic N) is 3. The summed E-state index contributed by atoms with van der Waals surface area (Å²) in [5.41, 5.74) is 3.03. The number of amides is 1. The highest BCUT2D eigenvalue weighted by atomic mass is 32.2. The lowest BCUT2D eigenvalue weighted by atomic mass is 9.86. The molecule has 25 heavy (non-hydrogen) atoms. The van der Waals surface area contributed by atoms with Gasteiger partial charge in [-0.1, -0.05) is 54.4 Å². The van der Waals surface area contributed by atoms with E-state index in [-0.39, 0.29) is 11.8 Å². The zero-order valence-electron chi connectivity index (χ0n) is 14.6. The van der Waals surface area contributed by atoms with Crippen LogP contribution in [0.2, 0.25) is 0 Å². The van der Waals surface area contributed by atoms with Crippen LogP contribution in [0.25, 0.3) is 0 Å². The fourth-order valence-electron chi connectivity index (χ4n) is 4.16. The second-order valence-corrected chi connectivity index (χ2v) is 8.20. The van der Waals surface area contributed by atoms with Gasteiger partial charge in [0.15, 0.2) is 0 Å². The molecule has 1 aliphatic carbocycles. The number of nitriles is 1. The average molecular weight is 353 g/mol. The van der Waals surface area contributed by atoms with Crippen molar-refractivity contribution in [3.63, 3.8) is 0 Å². The fourth-order valence-corrected chi connectivity index (χ4v) is 5.40. The smallest absolute Gasteiger partial charge is 0.229 e. The molecule has 2 heterocycles. The molecule has 3 aliphatic rings. The van der Waals surface area contributed by atoms with Gasteiger partial charge in [0, 0.05) is 18.4 Å². The Labute approximate surface area is 153 Å². The molecule has 5 heteroatoms. The van der Waals surface area contributed by atoms with Crippen LogP contribution in [0.1, 0.15) is 49.1 Å². The van der Waals surface area contributed by atoms with E-state index in [4.69, 9.17) is 0 Å². The summed E-state index contributed by atoms with van der Waals surface area (Å²) in [6.45, 7) is 2.70. The van der Waals surface area contributed by atoms with E-state index < -0.39 is 0 Å². The Morgan fingerprint density at radius 3 is 2.60 bits per heavy atom. The van der Waals surface area contributed by atoms with Crippen molar-refractivity contribution in [2.45, 2.75) is 51.0 Å². The van der Waals surface area contributed by atoms with E-state index in [0.717, 1.165) is 22.0 Å².